The van der Waals surface area contributed by atoms with E-state index >= 15 is 0 Å². The first-order valence-corrected chi connectivity index (χ1v) is 8.03. The number of hydrogen-bond donors (Lipinski definition) is 2. The molecule has 2 aromatic heterocycles. The smallest absolute Gasteiger partial charge is 0.146 e. The van der Waals surface area contributed by atoms with Crippen LogP contribution < -0.4 is 11.5 Å². The van der Waals surface area contributed by atoms with Gasteiger partial charge in [0.25, 0.3) is 0 Å². The van der Waals surface area contributed by atoms with Gasteiger partial charge in [0.1, 0.15) is 17.8 Å². The summed E-state index contributed by atoms with van der Waals surface area (Å²) in [6.45, 7) is 0.726. The second-order valence-corrected chi connectivity index (χ2v) is 6.33. The number of nitrogens with zero attached hydrogens (tertiary/aromatic N) is 4. The SMILES string of the molecule is N#Cc1cccc(-c2cn(C3CC(CN)C3)c3ncnc(N)c23)c1. The van der Waals surface area contributed by atoms with E-state index in [9.17, 15) is 0 Å². The van der Waals surface area contributed by atoms with E-state index in [0.717, 1.165) is 41.5 Å². The van der Waals surface area contributed by atoms with E-state index in [2.05, 4.69) is 26.8 Å². The number of nitrogen functional groups attached to an aromatic ring is 1. The van der Waals surface area contributed by atoms with Crippen molar-refractivity contribution in [3.05, 3.63) is 42.4 Å². The van der Waals surface area contributed by atoms with Gasteiger partial charge in [-0.05, 0) is 43.0 Å². The van der Waals surface area contributed by atoms with Crippen LogP contribution in [0, 0.1) is 17.2 Å². The van der Waals surface area contributed by atoms with Gasteiger partial charge in [-0.15, -0.1) is 0 Å². The maximum atomic E-state index is 9.16. The molecule has 0 aliphatic heterocycles. The number of nitriles is 1. The van der Waals surface area contributed by atoms with Crippen molar-refractivity contribution >= 4 is 16.9 Å². The van der Waals surface area contributed by atoms with E-state index < -0.39 is 0 Å². The molecular formula is C18H18N6. The lowest BCUT2D eigenvalue weighted by molar-refractivity contribution is 0.209. The van der Waals surface area contributed by atoms with Crippen molar-refractivity contribution in [2.75, 3.05) is 12.3 Å². The third-order valence-corrected chi connectivity index (χ3v) is 4.88. The topological polar surface area (TPSA) is 107 Å². The largest absolute Gasteiger partial charge is 0.383 e. The van der Waals surface area contributed by atoms with Crippen LogP contribution in [0.2, 0.25) is 0 Å². The maximum Gasteiger partial charge on any atom is 0.146 e. The van der Waals surface area contributed by atoms with Gasteiger partial charge in [-0.1, -0.05) is 12.1 Å². The summed E-state index contributed by atoms with van der Waals surface area (Å²) >= 11 is 0. The van der Waals surface area contributed by atoms with Crippen molar-refractivity contribution in [1.82, 2.24) is 14.5 Å². The average Bonchev–Trinajstić information content (AvgIpc) is 2.95. The molecule has 0 bridgehead atoms. The van der Waals surface area contributed by atoms with Gasteiger partial charge in [-0.3, -0.25) is 0 Å². The summed E-state index contributed by atoms with van der Waals surface area (Å²) in [5.74, 6) is 1.04. The molecule has 24 heavy (non-hydrogen) atoms. The van der Waals surface area contributed by atoms with E-state index in [1.165, 1.54) is 6.33 Å². The maximum absolute atomic E-state index is 9.16. The molecule has 3 aromatic rings. The standard InChI is InChI=1S/C18H18N6/c19-7-11-2-1-3-13(4-11)15-9-24(14-5-12(6-14)8-20)18-16(15)17(21)22-10-23-18/h1-4,9-10,12,14H,5-6,8,20H2,(H2,21,22,23). The van der Waals surface area contributed by atoms with Crippen molar-refractivity contribution in [1.29, 1.82) is 5.26 Å². The van der Waals surface area contributed by atoms with Gasteiger partial charge in [0.2, 0.25) is 0 Å². The lowest BCUT2D eigenvalue weighted by Crippen LogP contribution is -2.31. The molecule has 0 amide bonds. The highest BCUT2D eigenvalue weighted by Gasteiger charge is 2.31. The minimum atomic E-state index is 0.392. The molecule has 1 aliphatic rings. The van der Waals surface area contributed by atoms with Gasteiger partial charge in [0.15, 0.2) is 0 Å². The average molecular weight is 318 g/mol. The Morgan fingerprint density at radius 3 is 2.88 bits per heavy atom. The molecule has 1 aliphatic carbocycles. The van der Waals surface area contributed by atoms with Gasteiger partial charge >= 0.3 is 0 Å². The Morgan fingerprint density at radius 1 is 1.29 bits per heavy atom. The number of anilines is 1. The van der Waals surface area contributed by atoms with Crippen molar-refractivity contribution in [2.45, 2.75) is 18.9 Å². The van der Waals surface area contributed by atoms with Crippen LogP contribution >= 0.6 is 0 Å². The highest BCUT2D eigenvalue weighted by atomic mass is 15.1. The summed E-state index contributed by atoms with van der Waals surface area (Å²) in [6, 6.07) is 10.1. The normalized spacial score (nSPS) is 19.8. The molecule has 2 heterocycles. The summed E-state index contributed by atoms with van der Waals surface area (Å²) in [5, 5.41) is 10.0. The van der Waals surface area contributed by atoms with Crippen molar-refractivity contribution in [3.8, 4) is 17.2 Å². The zero-order valence-electron chi connectivity index (χ0n) is 13.2. The minimum absolute atomic E-state index is 0.392. The van der Waals surface area contributed by atoms with E-state index in [1.54, 1.807) is 6.07 Å². The molecule has 4 rings (SSSR count). The Balaban J connectivity index is 1.88. The Morgan fingerprint density at radius 2 is 2.12 bits per heavy atom. The number of nitrogens with two attached hydrogens (primary N) is 2. The first-order valence-electron chi connectivity index (χ1n) is 8.03. The molecule has 0 radical (unpaired) electrons. The molecule has 0 spiro atoms. The molecule has 120 valence electrons. The quantitative estimate of drug-likeness (QED) is 0.771. The fourth-order valence-electron chi connectivity index (χ4n) is 3.48. The van der Waals surface area contributed by atoms with E-state index in [0.29, 0.717) is 23.3 Å². The molecular weight excluding hydrogens is 300 g/mol. The number of aromatic nitrogens is 3. The molecule has 0 unspecified atom stereocenters. The van der Waals surface area contributed by atoms with Crippen LogP contribution in [0.5, 0.6) is 0 Å². The van der Waals surface area contributed by atoms with Gasteiger partial charge in [-0.2, -0.15) is 5.26 Å². The summed E-state index contributed by atoms with van der Waals surface area (Å²) in [5.41, 5.74) is 15.3. The van der Waals surface area contributed by atoms with Crippen LogP contribution in [0.15, 0.2) is 36.8 Å². The second kappa shape index (κ2) is 5.62. The first kappa shape index (κ1) is 14.7. The van der Waals surface area contributed by atoms with Crippen LogP contribution in [0.4, 0.5) is 5.82 Å². The summed E-state index contributed by atoms with van der Waals surface area (Å²) in [4.78, 5) is 8.61. The lowest BCUT2D eigenvalue weighted by Gasteiger charge is -2.35. The predicted molar refractivity (Wildman–Crippen MR) is 92.9 cm³/mol. The summed E-state index contributed by atoms with van der Waals surface area (Å²) in [7, 11) is 0. The van der Waals surface area contributed by atoms with Gasteiger partial charge in [0.05, 0.1) is 17.0 Å². The van der Waals surface area contributed by atoms with E-state index in [4.69, 9.17) is 16.7 Å². The van der Waals surface area contributed by atoms with Crippen LogP contribution in [0.1, 0.15) is 24.4 Å². The Bertz CT molecular complexity index is 946. The van der Waals surface area contributed by atoms with Crippen molar-refractivity contribution in [2.24, 2.45) is 11.7 Å². The molecule has 1 saturated carbocycles. The van der Waals surface area contributed by atoms with E-state index in [-0.39, 0.29) is 0 Å². The Hall–Kier alpha value is -2.91. The molecule has 4 N–H and O–H groups in total. The summed E-state index contributed by atoms with van der Waals surface area (Å²) < 4.78 is 2.19. The Labute approximate surface area is 139 Å². The van der Waals surface area contributed by atoms with Gasteiger partial charge < -0.3 is 16.0 Å². The van der Waals surface area contributed by atoms with Crippen LogP contribution in [0.25, 0.3) is 22.2 Å². The number of rotatable bonds is 3. The highest BCUT2D eigenvalue weighted by molar-refractivity contribution is 6.00. The van der Waals surface area contributed by atoms with Crippen LogP contribution in [-0.4, -0.2) is 21.1 Å². The monoisotopic (exact) mass is 318 g/mol. The molecule has 0 atom stereocenters. The number of fused-ring (bicyclic) bond motifs is 1. The third kappa shape index (κ3) is 2.22. The summed E-state index contributed by atoms with van der Waals surface area (Å²) in [6.07, 6.45) is 5.70. The second-order valence-electron chi connectivity index (χ2n) is 6.33. The zero-order chi connectivity index (χ0) is 16.7. The fraction of sp³-hybridized carbons (Fsp3) is 0.278. The third-order valence-electron chi connectivity index (χ3n) is 4.88. The first-order chi connectivity index (χ1) is 11.7. The van der Waals surface area contributed by atoms with Crippen molar-refractivity contribution in [3.63, 3.8) is 0 Å². The van der Waals surface area contributed by atoms with E-state index in [1.807, 2.05) is 18.2 Å². The number of benzene rings is 1. The van der Waals surface area contributed by atoms with Crippen LogP contribution in [0.3, 0.4) is 0 Å². The molecule has 0 saturated heterocycles. The molecule has 1 fully saturated rings. The highest BCUT2D eigenvalue weighted by Crippen LogP contribution is 2.42. The molecule has 6 heteroatoms. The number of hydrogen-bond acceptors (Lipinski definition) is 5. The lowest BCUT2D eigenvalue weighted by atomic mass is 9.80. The predicted octanol–water partition coefficient (Wildman–Crippen LogP) is 2.46. The van der Waals surface area contributed by atoms with Gasteiger partial charge in [0, 0.05) is 17.8 Å². The molecule has 1 aromatic carbocycles. The van der Waals surface area contributed by atoms with Crippen molar-refractivity contribution < 1.29 is 0 Å². The minimum Gasteiger partial charge on any atom is -0.383 e. The van der Waals surface area contributed by atoms with Gasteiger partial charge in [-0.25, -0.2) is 9.97 Å². The molecule has 6 nitrogen and oxygen atoms in total. The van der Waals surface area contributed by atoms with Crippen LogP contribution in [-0.2, 0) is 0 Å². The zero-order valence-corrected chi connectivity index (χ0v) is 13.2. The fourth-order valence-corrected chi connectivity index (χ4v) is 3.48. The Kier molecular flexibility index (Phi) is 3.44.